The number of aromatic nitrogens is 1. The molecule has 5 aromatic rings. The van der Waals surface area contributed by atoms with Crippen molar-refractivity contribution in [3.63, 3.8) is 0 Å². The number of thiophene rings is 1. The van der Waals surface area contributed by atoms with Crippen LogP contribution in [0.5, 0.6) is 0 Å². The summed E-state index contributed by atoms with van der Waals surface area (Å²) in [5.41, 5.74) is 3.00. The minimum absolute atomic E-state index is 0.00404. The first-order chi connectivity index (χ1) is 21.7. The predicted octanol–water partition coefficient (Wildman–Crippen LogP) is 7.73. The summed E-state index contributed by atoms with van der Waals surface area (Å²) in [5, 5.41) is 3.47. The van der Waals surface area contributed by atoms with Gasteiger partial charge in [-0.2, -0.15) is 0 Å². The van der Waals surface area contributed by atoms with Gasteiger partial charge in [-0.25, -0.2) is 9.18 Å². The van der Waals surface area contributed by atoms with Crippen molar-refractivity contribution in [1.29, 1.82) is 0 Å². The number of anilines is 1. The van der Waals surface area contributed by atoms with Gasteiger partial charge in [-0.15, -0.1) is 11.3 Å². The lowest BCUT2D eigenvalue weighted by Crippen LogP contribution is -2.23. The van der Waals surface area contributed by atoms with Gasteiger partial charge in [0.2, 0.25) is 11.3 Å². The molecule has 2 heterocycles. The molecule has 0 radical (unpaired) electrons. The Morgan fingerprint density at radius 1 is 0.978 bits per heavy atom. The van der Waals surface area contributed by atoms with Gasteiger partial charge in [0.05, 0.1) is 18.5 Å². The quantitative estimate of drug-likeness (QED) is 0.149. The summed E-state index contributed by atoms with van der Waals surface area (Å²) in [7, 11) is 1.97. The largest absolute Gasteiger partial charge is 0.462 e. The van der Waals surface area contributed by atoms with E-state index >= 15 is 0 Å². The van der Waals surface area contributed by atoms with Crippen LogP contribution in [0.1, 0.15) is 47.3 Å². The number of carbonyl (C=O) groups excluding carboxylic acids is 2. The Kier molecular flexibility index (Phi) is 10.1. The average Bonchev–Trinajstić information content (AvgIpc) is 3.40. The zero-order valence-corrected chi connectivity index (χ0v) is 26.8. The van der Waals surface area contributed by atoms with Crippen LogP contribution in [-0.4, -0.2) is 35.0 Å². The topological polar surface area (TPSA) is 80.6 Å². The monoisotopic (exact) mass is 645 g/mol. The molecule has 10 heteroatoms. The van der Waals surface area contributed by atoms with Crippen LogP contribution in [0.25, 0.3) is 20.7 Å². The normalized spacial score (nSPS) is 11.2. The summed E-state index contributed by atoms with van der Waals surface area (Å²) < 4.78 is 22.0. The third-order valence-corrected chi connectivity index (χ3v) is 9.04. The van der Waals surface area contributed by atoms with Gasteiger partial charge in [-0.05, 0) is 54.9 Å². The van der Waals surface area contributed by atoms with Gasteiger partial charge in [0.1, 0.15) is 16.2 Å². The number of rotatable bonds is 11. The molecule has 0 aliphatic rings. The molecule has 45 heavy (non-hydrogen) atoms. The molecule has 0 bridgehead atoms. The average molecular weight is 646 g/mol. The Morgan fingerprint density at radius 2 is 1.71 bits per heavy atom. The third-order valence-electron chi connectivity index (χ3n) is 7.37. The van der Waals surface area contributed by atoms with E-state index in [1.165, 1.54) is 29.7 Å². The second-order valence-corrected chi connectivity index (χ2v) is 12.1. The van der Waals surface area contributed by atoms with Gasteiger partial charge in [-0.3, -0.25) is 14.5 Å². The number of fused-ring (bicyclic) bond motifs is 1. The van der Waals surface area contributed by atoms with E-state index in [0.29, 0.717) is 35.4 Å². The molecule has 0 atom stereocenters. The molecule has 0 fully saturated rings. The maximum absolute atomic E-state index is 15.0. The fraction of sp³-hybridized carbons (Fsp3) is 0.229. The van der Waals surface area contributed by atoms with Gasteiger partial charge in [0.15, 0.2) is 0 Å². The number of hydrogen-bond donors (Lipinski definition) is 1. The van der Waals surface area contributed by atoms with Crippen LogP contribution in [0.3, 0.4) is 0 Å². The van der Waals surface area contributed by atoms with Crippen molar-refractivity contribution in [3.8, 4) is 10.4 Å². The highest BCUT2D eigenvalue weighted by atomic mass is 35.5. The van der Waals surface area contributed by atoms with Crippen LogP contribution in [0, 0.1) is 5.82 Å². The minimum Gasteiger partial charge on any atom is -0.462 e. The molecule has 1 N–H and O–H groups in total. The van der Waals surface area contributed by atoms with Crippen LogP contribution in [0.4, 0.5) is 10.1 Å². The summed E-state index contributed by atoms with van der Waals surface area (Å²) >= 11 is 7.80. The van der Waals surface area contributed by atoms with Crippen molar-refractivity contribution in [2.45, 2.75) is 39.9 Å². The molecule has 0 aliphatic carbocycles. The fourth-order valence-electron chi connectivity index (χ4n) is 5.18. The Labute approximate surface area is 269 Å². The van der Waals surface area contributed by atoms with Crippen molar-refractivity contribution >= 4 is 50.7 Å². The van der Waals surface area contributed by atoms with Crippen LogP contribution < -0.4 is 10.7 Å². The van der Waals surface area contributed by atoms with Crippen molar-refractivity contribution in [3.05, 3.63) is 122 Å². The molecule has 7 nitrogen and oxygen atoms in total. The first kappa shape index (κ1) is 32.1. The highest BCUT2D eigenvalue weighted by molar-refractivity contribution is 7.22. The van der Waals surface area contributed by atoms with E-state index in [9.17, 15) is 18.8 Å². The van der Waals surface area contributed by atoms with Gasteiger partial charge >= 0.3 is 5.97 Å². The lowest BCUT2D eigenvalue weighted by atomic mass is 10.0. The van der Waals surface area contributed by atoms with E-state index in [4.69, 9.17) is 16.3 Å². The Balaban J connectivity index is 1.72. The standard InChI is InChI=1S/C35H33ClFN3O4S/c1-4-30(41)38-24-16-14-23(15-17-24)33-26(19-39(3)18-22-10-7-6-8-11-22)31-32(42)27(35(43)44-5-2)21-40(34(31)45-33)20-25-28(36)12-9-13-29(25)37/h6-17,21H,4-5,18-20H2,1-3H3,(H,38,41). The zero-order chi connectivity index (χ0) is 32.1. The van der Waals surface area contributed by atoms with Crippen LogP contribution in [0.15, 0.2) is 83.8 Å². The van der Waals surface area contributed by atoms with E-state index in [1.54, 1.807) is 24.5 Å². The van der Waals surface area contributed by atoms with Crippen molar-refractivity contribution in [2.24, 2.45) is 0 Å². The SMILES string of the molecule is CCOC(=O)c1cn(Cc2c(F)cccc2Cl)c2sc(-c3ccc(NC(=O)CC)cc3)c(CN(C)Cc3ccccc3)c2c1=O. The van der Waals surface area contributed by atoms with Gasteiger partial charge in [0, 0.05) is 46.9 Å². The van der Waals surface area contributed by atoms with E-state index in [1.807, 2.05) is 61.6 Å². The number of halogens is 2. The number of ether oxygens (including phenoxy) is 1. The molecular weight excluding hydrogens is 613 g/mol. The van der Waals surface area contributed by atoms with E-state index in [0.717, 1.165) is 21.6 Å². The Morgan fingerprint density at radius 3 is 2.38 bits per heavy atom. The van der Waals surface area contributed by atoms with Gasteiger partial charge in [-0.1, -0.05) is 67.1 Å². The number of nitrogens with one attached hydrogen (secondary N) is 1. The highest BCUT2D eigenvalue weighted by Crippen LogP contribution is 2.39. The number of benzene rings is 3. The summed E-state index contributed by atoms with van der Waals surface area (Å²) in [6.45, 7) is 4.56. The minimum atomic E-state index is -0.745. The Bertz CT molecular complexity index is 1880. The summed E-state index contributed by atoms with van der Waals surface area (Å²) in [5.74, 6) is -1.33. The molecule has 0 saturated heterocycles. The number of esters is 1. The van der Waals surface area contributed by atoms with E-state index < -0.39 is 17.2 Å². The molecule has 3 aromatic carbocycles. The van der Waals surface area contributed by atoms with Crippen LogP contribution in [-0.2, 0) is 29.2 Å². The molecule has 0 unspecified atom stereocenters. The summed E-state index contributed by atoms with van der Waals surface area (Å²) in [6.07, 6.45) is 1.80. The smallest absolute Gasteiger partial charge is 0.343 e. The Hall–Kier alpha value is -4.31. The number of pyridine rings is 1. The molecule has 232 valence electrons. The molecule has 0 aliphatic heterocycles. The van der Waals surface area contributed by atoms with E-state index in [2.05, 4.69) is 10.2 Å². The summed E-state index contributed by atoms with van der Waals surface area (Å²) in [6, 6.07) is 21.9. The maximum atomic E-state index is 15.0. The third kappa shape index (κ3) is 7.17. The summed E-state index contributed by atoms with van der Waals surface area (Å²) in [4.78, 5) is 42.7. The number of carbonyl (C=O) groups is 2. The van der Waals surface area contributed by atoms with Crippen molar-refractivity contribution in [2.75, 3.05) is 19.0 Å². The fourth-order valence-corrected chi connectivity index (χ4v) is 6.69. The lowest BCUT2D eigenvalue weighted by molar-refractivity contribution is -0.115. The van der Waals surface area contributed by atoms with Crippen molar-refractivity contribution < 1.29 is 18.7 Å². The van der Waals surface area contributed by atoms with Crippen LogP contribution in [0.2, 0.25) is 5.02 Å². The molecule has 1 amide bonds. The lowest BCUT2D eigenvalue weighted by Gasteiger charge is -2.18. The van der Waals surface area contributed by atoms with E-state index in [-0.39, 0.29) is 35.2 Å². The highest BCUT2D eigenvalue weighted by Gasteiger charge is 2.25. The predicted molar refractivity (Wildman–Crippen MR) is 179 cm³/mol. The van der Waals surface area contributed by atoms with Gasteiger partial charge < -0.3 is 14.6 Å². The molecular formula is C35H33ClFN3O4S. The van der Waals surface area contributed by atoms with Gasteiger partial charge in [0.25, 0.3) is 0 Å². The number of nitrogens with zero attached hydrogens (tertiary/aromatic N) is 2. The first-order valence-electron chi connectivity index (χ1n) is 14.6. The molecule has 0 saturated carbocycles. The first-order valence-corrected chi connectivity index (χ1v) is 15.8. The second-order valence-electron chi connectivity index (χ2n) is 10.6. The molecule has 0 spiro atoms. The second kappa shape index (κ2) is 14.2. The zero-order valence-electron chi connectivity index (χ0n) is 25.2. The molecule has 2 aromatic heterocycles. The maximum Gasteiger partial charge on any atom is 0.343 e. The number of hydrogen-bond acceptors (Lipinski definition) is 6. The molecule has 5 rings (SSSR count). The van der Waals surface area contributed by atoms with Crippen LogP contribution >= 0.6 is 22.9 Å². The number of amides is 1. The van der Waals surface area contributed by atoms with Crippen molar-refractivity contribution in [1.82, 2.24) is 9.47 Å².